The van der Waals surface area contributed by atoms with Crippen molar-refractivity contribution < 1.29 is 0 Å². The molecule has 30 heavy (non-hydrogen) atoms. The van der Waals surface area contributed by atoms with E-state index in [0.29, 0.717) is 5.92 Å². The molecule has 4 nitrogen and oxygen atoms in total. The Kier molecular flexibility index (Phi) is 6.93. The zero-order valence-corrected chi connectivity index (χ0v) is 20.9. The summed E-state index contributed by atoms with van der Waals surface area (Å²) >= 11 is 3.88. The lowest BCUT2D eigenvalue weighted by molar-refractivity contribution is 0.205. The van der Waals surface area contributed by atoms with Crippen LogP contribution in [0.4, 0.5) is 0 Å². The van der Waals surface area contributed by atoms with Crippen LogP contribution in [0.2, 0.25) is 0 Å². The van der Waals surface area contributed by atoms with E-state index in [1.807, 2.05) is 23.5 Å². The first-order valence-corrected chi connectivity index (χ1v) is 13.6. The Labute approximate surface area is 191 Å². The van der Waals surface area contributed by atoms with Crippen LogP contribution in [0.15, 0.2) is 26.7 Å². The molecule has 0 aromatic carbocycles. The lowest BCUT2D eigenvalue weighted by Crippen LogP contribution is -2.48. The molecule has 1 N–H and O–H groups in total. The summed E-state index contributed by atoms with van der Waals surface area (Å²) in [6.45, 7) is 14.4. The molecule has 0 bridgehead atoms. The highest BCUT2D eigenvalue weighted by molar-refractivity contribution is 8.15. The van der Waals surface area contributed by atoms with Crippen molar-refractivity contribution in [2.24, 2.45) is 10.9 Å². The molecule has 4 aliphatic rings. The van der Waals surface area contributed by atoms with Gasteiger partial charge in [0.25, 0.3) is 0 Å². The van der Waals surface area contributed by atoms with Gasteiger partial charge >= 0.3 is 0 Å². The molecule has 1 unspecified atom stereocenters. The van der Waals surface area contributed by atoms with Gasteiger partial charge in [0.2, 0.25) is 0 Å². The molecule has 0 aromatic heterocycles. The maximum Gasteiger partial charge on any atom is 0.159 e. The molecule has 6 heteroatoms. The van der Waals surface area contributed by atoms with Gasteiger partial charge in [0, 0.05) is 47.9 Å². The van der Waals surface area contributed by atoms with Crippen LogP contribution >= 0.6 is 23.5 Å². The Bertz CT molecular complexity index is 772. The number of hydrogen-bond donors (Lipinski definition) is 1. The van der Waals surface area contributed by atoms with E-state index in [1.165, 1.54) is 60.5 Å². The fourth-order valence-corrected chi connectivity index (χ4v) is 7.38. The average molecular weight is 447 g/mol. The van der Waals surface area contributed by atoms with Crippen molar-refractivity contribution >= 4 is 34.4 Å². The van der Waals surface area contributed by atoms with E-state index >= 15 is 0 Å². The summed E-state index contributed by atoms with van der Waals surface area (Å²) in [4.78, 5) is 11.6. The maximum atomic E-state index is 8.89. The van der Waals surface area contributed by atoms with Gasteiger partial charge in [-0.2, -0.15) is 0 Å². The molecular formula is C24H38N4S2. The Hall–Kier alpha value is -0.880. The number of rotatable bonds is 4. The monoisotopic (exact) mass is 446 g/mol. The molecule has 3 aliphatic heterocycles. The van der Waals surface area contributed by atoms with Crippen molar-refractivity contribution in [3.63, 3.8) is 0 Å². The predicted octanol–water partition coefficient (Wildman–Crippen LogP) is 5.77. The first kappa shape index (κ1) is 22.3. The van der Waals surface area contributed by atoms with Crippen LogP contribution in [-0.2, 0) is 0 Å². The summed E-state index contributed by atoms with van der Waals surface area (Å²) in [6, 6.07) is 0. The number of amidine groups is 1. The van der Waals surface area contributed by atoms with Crippen molar-refractivity contribution in [1.82, 2.24) is 9.80 Å². The second-order valence-corrected chi connectivity index (χ2v) is 12.5. The summed E-state index contributed by atoms with van der Waals surface area (Å²) in [5, 5.41) is 10.1. The van der Waals surface area contributed by atoms with Gasteiger partial charge in [-0.15, -0.1) is 11.8 Å². The van der Waals surface area contributed by atoms with E-state index in [9.17, 15) is 0 Å². The third-order valence-corrected chi connectivity index (χ3v) is 9.19. The first-order valence-electron chi connectivity index (χ1n) is 11.8. The van der Waals surface area contributed by atoms with E-state index in [0.717, 1.165) is 44.2 Å². The van der Waals surface area contributed by atoms with Crippen LogP contribution in [0.5, 0.6) is 0 Å². The van der Waals surface area contributed by atoms with E-state index in [2.05, 4.69) is 37.5 Å². The predicted molar refractivity (Wildman–Crippen MR) is 134 cm³/mol. The zero-order valence-electron chi connectivity index (χ0n) is 19.2. The van der Waals surface area contributed by atoms with Gasteiger partial charge in [-0.3, -0.25) is 4.99 Å². The maximum absolute atomic E-state index is 8.89. The molecule has 1 aliphatic carbocycles. The third kappa shape index (κ3) is 4.64. The average Bonchev–Trinajstić information content (AvgIpc) is 3.10. The molecule has 166 valence electrons. The van der Waals surface area contributed by atoms with Crippen LogP contribution in [-0.4, -0.2) is 63.9 Å². The van der Waals surface area contributed by atoms with Crippen molar-refractivity contribution in [3.8, 4) is 0 Å². The van der Waals surface area contributed by atoms with Gasteiger partial charge in [0.05, 0.1) is 12.3 Å². The SMILES string of the molecule is CCCC(C)/C(=C1\C(=N)CSC2=C1CCCC2)N1CCN(C2=NCC(C)(C)S2)CC1. The third-order valence-electron chi connectivity index (χ3n) is 6.71. The molecule has 3 heterocycles. The molecule has 0 amide bonds. The van der Waals surface area contributed by atoms with Crippen LogP contribution in [0, 0.1) is 11.3 Å². The van der Waals surface area contributed by atoms with Crippen LogP contribution < -0.4 is 0 Å². The van der Waals surface area contributed by atoms with E-state index in [1.54, 1.807) is 4.91 Å². The fourth-order valence-electron chi connectivity index (χ4n) is 5.18. The standard InChI is InChI=1S/C24H38N4S2/c1-5-8-17(2)22(21-18-9-6-7-10-20(18)29-15-19(21)25)27-11-13-28(14-12-27)23-26-16-24(3,4)30-23/h17,25H,5-16H2,1-4H3/b22-21+,25-19?. The van der Waals surface area contributed by atoms with Crippen LogP contribution in [0.3, 0.4) is 0 Å². The second kappa shape index (κ2) is 9.32. The number of hydrogen-bond acceptors (Lipinski definition) is 6. The second-order valence-electron chi connectivity index (χ2n) is 9.76. The zero-order chi connectivity index (χ0) is 21.3. The van der Waals surface area contributed by atoms with E-state index < -0.39 is 0 Å². The van der Waals surface area contributed by atoms with Crippen molar-refractivity contribution in [3.05, 3.63) is 21.7 Å². The number of allylic oxidation sites excluding steroid dienone is 4. The number of piperazine rings is 1. The lowest BCUT2D eigenvalue weighted by atomic mass is 9.85. The highest BCUT2D eigenvalue weighted by atomic mass is 32.2. The molecule has 1 atom stereocenters. The smallest absolute Gasteiger partial charge is 0.159 e. The van der Waals surface area contributed by atoms with E-state index in [4.69, 9.17) is 10.4 Å². The summed E-state index contributed by atoms with van der Waals surface area (Å²) in [5.41, 5.74) is 5.22. The molecule has 4 rings (SSSR count). The summed E-state index contributed by atoms with van der Waals surface area (Å²) in [7, 11) is 0. The Morgan fingerprint density at radius 3 is 2.57 bits per heavy atom. The molecule has 0 saturated carbocycles. The van der Waals surface area contributed by atoms with Crippen molar-refractivity contribution in [1.29, 1.82) is 5.41 Å². The number of thioether (sulfide) groups is 2. The van der Waals surface area contributed by atoms with Gasteiger partial charge in [0.1, 0.15) is 0 Å². The Balaban J connectivity index is 1.59. The highest BCUT2D eigenvalue weighted by Gasteiger charge is 2.34. The Morgan fingerprint density at radius 1 is 1.17 bits per heavy atom. The van der Waals surface area contributed by atoms with Gasteiger partial charge < -0.3 is 15.2 Å². The Morgan fingerprint density at radius 2 is 1.90 bits per heavy atom. The first-order chi connectivity index (χ1) is 14.4. The van der Waals surface area contributed by atoms with E-state index in [-0.39, 0.29) is 4.75 Å². The molecule has 0 aromatic rings. The minimum Gasteiger partial charge on any atom is -0.371 e. The molecule has 1 saturated heterocycles. The number of nitrogens with one attached hydrogen (secondary N) is 1. The normalized spacial score (nSPS) is 27.2. The van der Waals surface area contributed by atoms with Gasteiger partial charge in [-0.05, 0) is 62.3 Å². The fraction of sp³-hybridized carbons (Fsp3) is 0.750. The molecule has 0 spiro atoms. The summed E-state index contributed by atoms with van der Waals surface area (Å²) < 4.78 is 0.244. The highest BCUT2D eigenvalue weighted by Crippen LogP contribution is 2.44. The largest absolute Gasteiger partial charge is 0.371 e. The van der Waals surface area contributed by atoms with Crippen molar-refractivity contribution in [2.75, 3.05) is 38.5 Å². The lowest BCUT2D eigenvalue weighted by Gasteiger charge is -2.42. The summed E-state index contributed by atoms with van der Waals surface area (Å²) in [6.07, 6.45) is 7.41. The van der Waals surface area contributed by atoms with Gasteiger partial charge in [-0.1, -0.05) is 32.0 Å². The minimum atomic E-state index is 0.244. The van der Waals surface area contributed by atoms with Crippen molar-refractivity contribution in [2.45, 2.75) is 71.0 Å². The number of nitrogens with zero attached hydrogens (tertiary/aromatic N) is 3. The molecule has 0 radical (unpaired) electrons. The van der Waals surface area contributed by atoms with Crippen LogP contribution in [0.1, 0.15) is 66.2 Å². The van der Waals surface area contributed by atoms with Gasteiger partial charge in [0.15, 0.2) is 5.17 Å². The van der Waals surface area contributed by atoms with Gasteiger partial charge in [-0.25, -0.2) is 0 Å². The minimum absolute atomic E-state index is 0.244. The van der Waals surface area contributed by atoms with Crippen LogP contribution in [0.25, 0.3) is 0 Å². The number of aliphatic imine (C=N–C) groups is 1. The summed E-state index contributed by atoms with van der Waals surface area (Å²) in [5.74, 6) is 1.38. The molecular weight excluding hydrogens is 408 g/mol. The molecule has 1 fully saturated rings. The quantitative estimate of drug-likeness (QED) is 0.595. The topological polar surface area (TPSA) is 42.7 Å².